The van der Waals surface area contributed by atoms with E-state index in [-0.39, 0.29) is 12.6 Å². The highest BCUT2D eigenvalue weighted by atomic mass is 32.2. The Morgan fingerprint density at radius 1 is 1.32 bits per heavy atom. The SMILES string of the molecule is Nc1ncc2c(ncn2[C@H]2S[C@@H](CO)[C@@H](O)[C@@H]2O)n1. The van der Waals surface area contributed by atoms with Crippen LogP contribution in [0.15, 0.2) is 12.5 Å². The molecule has 3 rings (SSSR count). The quantitative estimate of drug-likeness (QED) is 0.537. The van der Waals surface area contributed by atoms with Gasteiger partial charge in [0.1, 0.15) is 17.0 Å². The summed E-state index contributed by atoms with van der Waals surface area (Å²) in [5, 5.41) is 28.2. The molecular formula is C10H13N5O3S. The van der Waals surface area contributed by atoms with E-state index < -0.39 is 22.8 Å². The van der Waals surface area contributed by atoms with Crippen molar-refractivity contribution in [3.8, 4) is 0 Å². The van der Waals surface area contributed by atoms with Crippen LogP contribution in [-0.4, -0.2) is 58.9 Å². The van der Waals surface area contributed by atoms with E-state index in [9.17, 15) is 10.2 Å². The number of aliphatic hydroxyl groups excluding tert-OH is 3. The van der Waals surface area contributed by atoms with Crippen LogP contribution in [0.3, 0.4) is 0 Å². The van der Waals surface area contributed by atoms with Crippen molar-refractivity contribution in [3.63, 3.8) is 0 Å². The summed E-state index contributed by atoms with van der Waals surface area (Å²) in [7, 11) is 0. The van der Waals surface area contributed by atoms with Crippen LogP contribution in [0.2, 0.25) is 0 Å². The van der Waals surface area contributed by atoms with E-state index in [1.807, 2.05) is 0 Å². The zero-order valence-electron chi connectivity index (χ0n) is 9.79. The minimum absolute atomic E-state index is 0.130. The number of nitrogen functional groups attached to an aromatic ring is 1. The van der Waals surface area contributed by atoms with Gasteiger partial charge in [0, 0.05) is 0 Å². The van der Waals surface area contributed by atoms with Gasteiger partial charge in [-0.2, -0.15) is 4.98 Å². The fourth-order valence-corrected chi connectivity index (χ4v) is 3.54. The maximum absolute atomic E-state index is 10.0. The number of anilines is 1. The van der Waals surface area contributed by atoms with Crippen LogP contribution < -0.4 is 5.73 Å². The molecule has 8 nitrogen and oxygen atoms in total. The van der Waals surface area contributed by atoms with Crippen LogP contribution in [0.4, 0.5) is 5.95 Å². The van der Waals surface area contributed by atoms with Gasteiger partial charge in [-0.25, -0.2) is 9.97 Å². The third-order valence-corrected chi connectivity index (χ3v) is 4.70. The van der Waals surface area contributed by atoms with Gasteiger partial charge in [-0.1, -0.05) is 0 Å². The molecule has 3 heterocycles. The molecule has 1 aliphatic rings. The van der Waals surface area contributed by atoms with E-state index in [0.29, 0.717) is 11.2 Å². The average Bonchev–Trinajstić information content (AvgIpc) is 2.92. The third kappa shape index (κ3) is 1.94. The molecule has 9 heteroatoms. The average molecular weight is 283 g/mol. The smallest absolute Gasteiger partial charge is 0.222 e. The van der Waals surface area contributed by atoms with Crippen molar-refractivity contribution < 1.29 is 15.3 Å². The molecule has 2 aromatic rings. The molecule has 19 heavy (non-hydrogen) atoms. The maximum Gasteiger partial charge on any atom is 0.222 e. The minimum atomic E-state index is -0.989. The highest BCUT2D eigenvalue weighted by molar-refractivity contribution is 8.00. The van der Waals surface area contributed by atoms with Gasteiger partial charge < -0.3 is 25.6 Å². The van der Waals surface area contributed by atoms with Crippen LogP contribution in [-0.2, 0) is 0 Å². The van der Waals surface area contributed by atoms with Gasteiger partial charge in [-0.05, 0) is 0 Å². The summed E-state index contributed by atoms with van der Waals surface area (Å²) in [5.74, 6) is 0.130. The van der Waals surface area contributed by atoms with Gasteiger partial charge in [0.05, 0.1) is 30.5 Å². The molecule has 0 amide bonds. The molecule has 0 aliphatic carbocycles. The number of rotatable bonds is 2. The molecule has 0 saturated carbocycles. The van der Waals surface area contributed by atoms with Crippen LogP contribution in [0, 0.1) is 0 Å². The highest BCUT2D eigenvalue weighted by Gasteiger charge is 2.43. The lowest BCUT2D eigenvalue weighted by Crippen LogP contribution is -2.32. The van der Waals surface area contributed by atoms with Crippen molar-refractivity contribution >= 4 is 28.9 Å². The Labute approximate surface area is 112 Å². The number of nitrogens with zero attached hydrogens (tertiary/aromatic N) is 4. The van der Waals surface area contributed by atoms with E-state index in [2.05, 4.69) is 15.0 Å². The van der Waals surface area contributed by atoms with Gasteiger partial charge in [-0.15, -0.1) is 11.8 Å². The minimum Gasteiger partial charge on any atom is -0.395 e. The first-order chi connectivity index (χ1) is 9.11. The van der Waals surface area contributed by atoms with E-state index in [1.54, 1.807) is 4.57 Å². The molecule has 102 valence electrons. The summed E-state index contributed by atoms with van der Waals surface area (Å²) in [4.78, 5) is 12.0. The topological polar surface area (TPSA) is 130 Å². The molecule has 0 aromatic carbocycles. The second-order valence-electron chi connectivity index (χ2n) is 4.32. The van der Waals surface area contributed by atoms with Crippen molar-refractivity contribution in [2.45, 2.75) is 22.8 Å². The number of aromatic nitrogens is 4. The van der Waals surface area contributed by atoms with Crippen LogP contribution in [0.5, 0.6) is 0 Å². The summed E-state index contributed by atoms with van der Waals surface area (Å²) in [6.45, 7) is -0.199. The summed E-state index contributed by atoms with van der Waals surface area (Å²) in [6.07, 6.45) is 1.08. The monoisotopic (exact) mass is 283 g/mol. The van der Waals surface area contributed by atoms with Gasteiger partial charge in [0.2, 0.25) is 5.95 Å². The lowest BCUT2D eigenvalue weighted by Gasteiger charge is -2.17. The molecule has 1 fully saturated rings. The van der Waals surface area contributed by atoms with Gasteiger partial charge in [0.15, 0.2) is 5.65 Å². The van der Waals surface area contributed by atoms with Crippen molar-refractivity contribution in [2.75, 3.05) is 12.3 Å². The second-order valence-corrected chi connectivity index (χ2v) is 5.68. The van der Waals surface area contributed by atoms with Crippen molar-refractivity contribution in [1.29, 1.82) is 0 Å². The standard InChI is InChI=1S/C10H13N5O3S/c11-10-12-1-4-8(14-10)13-3-15(4)9-7(18)6(17)5(2-16)19-9/h1,3,5-7,9,16-18H,2H2,(H2,11,12,14)/t5-,6+,7-,9-/m0/s1. The predicted octanol–water partition coefficient (Wildman–Crippen LogP) is -1.26. The summed E-state index contributed by atoms with van der Waals surface area (Å²) in [6, 6.07) is 0. The zero-order valence-corrected chi connectivity index (χ0v) is 10.6. The second kappa shape index (κ2) is 4.60. The van der Waals surface area contributed by atoms with Crippen molar-refractivity contribution in [2.24, 2.45) is 0 Å². The Balaban J connectivity index is 2.01. The van der Waals surface area contributed by atoms with Gasteiger partial charge in [-0.3, -0.25) is 0 Å². The molecular weight excluding hydrogens is 270 g/mol. The van der Waals surface area contributed by atoms with Crippen molar-refractivity contribution in [1.82, 2.24) is 19.5 Å². The Hall–Kier alpha value is -1.42. The zero-order chi connectivity index (χ0) is 13.6. The molecule has 0 radical (unpaired) electrons. The number of nitrogens with two attached hydrogens (primary N) is 1. The normalized spacial score (nSPS) is 31.1. The molecule has 5 N–H and O–H groups in total. The van der Waals surface area contributed by atoms with Gasteiger partial charge >= 0.3 is 0 Å². The van der Waals surface area contributed by atoms with Crippen LogP contribution >= 0.6 is 11.8 Å². The first kappa shape index (κ1) is 12.6. The number of hydrogen-bond donors (Lipinski definition) is 4. The first-order valence-electron chi connectivity index (χ1n) is 5.69. The molecule has 4 atom stereocenters. The Morgan fingerprint density at radius 2 is 2.11 bits per heavy atom. The summed E-state index contributed by atoms with van der Waals surface area (Å²) < 4.78 is 1.68. The number of thioether (sulfide) groups is 1. The summed E-state index contributed by atoms with van der Waals surface area (Å²) >= 11 is 1.29. The molecule has 2 aromatic heterocycles. The number of aliphatic hydroxyl groups is 3. The third-order valence-electron chi connectivity index (χ3n) is 3.14. The largest absolute Gasteiger partial charge is 0.395 e. The summed E-state index contributed by atoms with van der Waals surface area (Å²) in [5.41, 5.74) is 6.53. The molecule has 1 aliphatic heterocycles. The lowest BCUT2D eigenvalue weighted by atomic mass is 10.1. The Morgan fingerprint density at radius 3 is 2.79 bits per heavy atom. The van der Waals surface area contributed by atoms with Crippen LogP contribution in [0.25, 0.3) is 11.2 Å². The fraction of sp³-hybridized carbons (Fsp3) is 0.500. The van der Waals surface area contributed by atoms with Crippen LogP contribution in [0.1, 0.15) is 5.37 Å². The van der Waals surface area contributed by atoms with E-state index in [0.717, 1.165) is 0 Å². The molecule has 0 bridgehead atoms. The lowest BCUT2D eigenvalue weighted by molar-refractivity contribution is 0.0113. The maximum atomic E-state index is 10.0. The number of fused-ring (bicyclic) bond motifs is 1. The fourth-order valence-electron chi connectivity index (χ4n) is 2.15. The van der Waals surface area contributed by atoms with E-state index in [4.69, 9.17) is 10.8 Å². The Bertz CT molecular complexity index is 606. The molecule has 1 saturated heterocycles. The van der Waals surface area contributed by atoms with E-state index >= 15 is 0 Å². The first-order valence-corrected chi connectivity index (χ1v) is 6.63. The van der Waals surface area contributed by atoms with Gasteiger partial charge in [0.25, 0.3) is 0 Å². The van der Waals surface area contributed by atoms with E-state index in [1.165, 1.54) is 24.3 Å². The number of imidazole rings is 1. The Kier molecular flexibility index (Phi) is 3.05. The highest BCUT2D eigenvalue weighted by Crippen LogP contribution is 2.42. The predicted molar refractivity (Wildman–Crippen MR) is 69.3 cm³/mol. The molecule has 0 spiro atoms. The molecule has 0 unspecified atom stereocenters. The number of hydrogen-bond acceptors (Lipinski definition) is 8. The van der Waals surface area contributed by atoms with Crippen molar-refractivity contribution in [3.05, 3.63) is 12.5 Å².